The summed E-state index contributed by atoms with van der Waals surface area (Å²) in [6.07, 6.45) is 0.626. The van der Waals surface area contributed by atoms with Crippen LogP contribution in [0.25, 0.3) is 0 Å². The van der Waals surface area contributed by atoms with Gasteiger partial charge in [0.2, 0.25) is 11.8 Å². The Labute approximate surface area is 196 Å². The van der Waals surface area contributed by atoms with E-state index in [0.717, 1.165) is 21.8 Å². The van der Waals surface area contributed by atoms with E-state index in [1.165, 1.54) is 11.8 Å². The number of amides is 2. The molecule has 2 aliphatic heterocycles. The minimum Gasteiger partial charge on any atom is -0.341 e. The van der Waals surface area contributed by atoms with Crippen LogP contribution >= 0.6 is 23.4 Å². The van der Waals surface area contributed by atoms with E-state index in [1.807, 2.05) is 19.9 Å². The number of carbonyl (C=O) groups is 2. The summed E-state index contributed by atoms with van der Waals surface area (Å²) < 4.78 is 25.5. The Bertz CT molecular complexity index is 1190. The van der Waals surface area contributed by atoms with Gasteiger partial charge in [0, 0.05) is 41.2 Å². The number of aryl methyl sites for hydroxylation is 1. The van der Waals surface area contributed by atoms with Crippen molar-refractivity contribution in [2.45, 2.75) is 49.4 Å². The fraction of sp³-hybridized carbons (Fsp3) is 0.476. The van der Waals surface area contributed by atoms with Gasteiger partial charge in [-0.25, -0.2) is 8.42 Å². The molecule has 2 atom stereocenters. The van der Waals surface area contributed by atoms with Gasteiger partial charge in [-0.2, -0.15) is 5.10 Å². The zero-order valence-corrected chi connectivity index (χ0v) is 20.5. The summed E-state index contributed by atoms with van der Waals surface area (Å²) in [5.41, 5.74) is 3.23. The molecule has 4 rings (SSSR count). The lowest BCUT2D eigenvalue weighted by Gasteiger charge is -2.26. The molecule has 11 heteroatoms. The second-order valence-electron chi connectivity index (χ2n) is 8.34. The zero-order chi connectivity index (χ0) is 23.2. The largest absolute Gasteiger partial charge is 0.341 e. The van der Waals surface area contributed by atoms with Crippen molar-refractivity contribution < 1.29 is 18.0 Å². The van der Waals surface area contributed by atoms with Gasteiger partial charge >= 0.3 is 0 Å². The summed E-state index contributed by atoms with van der Waals surface area (Å²) in [5, 5.41) is 7.41. The van der Waals surface area contributed by atoms with Crippen LogP contribution in [0.1, 0.15) is 35.8 Å². The maximum absolute atomic E-state index is 12.9. The first-order valence-corrected chi connectivity index (χ1v) is 13.4. The third-order valence-corrected chi connectivity index (χ3v) is 9.23. The summed E-state index contributed by atoms with van der Waals surface area (Å²) in [6, 6.07) is 5.14. The highest BCUT2D eigenvalue weighted by atomic mass is 35.5. The van der Waals surface area contributed by atoms with Crippen LogP contribution in [-0.4, -0.2) is 58.7 Å². The van der Waals surface area contributed by atoms with E-state index in [-0.39, 0.29) is 35.8 Å². The van der Waals surface area contributed by atoms with E-state index >= 15 is 0 Å². The van der Waals surface area contributed by atoms with Crippen LogP contribution in [0.3, 0.4) is 0 Å². The van der Waals surface area contributed by atoms with Crippen LogP contribution in [0.15, 0.2) is 23.1 Å². The number of hydrogen-bond acceptors (Lipinski definition) is 6. The van der Waals surface area contributed by atoms with Gasteiger partial charge in [-0.15, -0.1) is 11.8 Å². The van der Waals surface area contributed by atoms with Crippen molar-refractivity contribution in [1.82, 2.24) is 14.7 Å². The minimum atomic E-state index is -3.02. The Hall–Kier alpha value is -2.04. The molecule has 1 fully saturated rings. The number of sulfone groups is 1. The van der Waals surface area contributed by atoms with E-state index < -0.39 is 15.1 Å². The molecular formula is C21H25ClN4O4S2. The quantitative estimate of drug-likeness (QED) is 0.682. The summed E-state index contributed by atoms with van der Waals surface area (Å²) >= 11 is 7.35. The Morgan fingerprint density at radius 2 is 2.12 bits per heavy atom. The number of aromatic nitrogens is 2. The Morgan fingerprint density at radius 1 is 1.38 bits per heavy atom. The van der Waals surface area contributed by atoms with Gasteiger partial charge in [0.15, 0.2) is 9.84 Å². The van der Waals surface area contributed by atoms with E-state index in [9.17, 15) is 18.0 Å². The average molecular weight is 497 g/mol. The van der Waals surface area contributed by atoms with Gasteiger partial charge in [0.05, 0.1) is 34.2 Å². The van der Waals surface area contributed by atoms with Gasteiger partial charge < -0.3 is 10.2 Å². The van der Waals surface area contributed by atoms with E-state index in [0.29, 0.717) is 23.7 Å². The van der Waals surface area contributed by atoms with Crippen LogP contribution in [0, 0.1) is 13.8 Å². The number of fused-ring (bicyclic) bond motifs is 1. The molecule has 32 heavy (non-hydrogen) atoms. The zero-order valence-electron chi connectivity index (χ0n) is 18.1. The van der Waals surface area contributed by atoms with E-state index in [1.54, 1.807) is 28.8 Å². The lowest BCUT2D eigenvalue weighted by molar-refractivity contribution is -0.131. The van der Waals surface area contributed by atoms with E-state index in [2.05, 4.69) is 10.4 Å². The molecule has 0 spiro atoms. The van der Waals surface area contributed by atoms with Gasteiger partial charge in [-0.3, -0.25) is 14.3 Å². The number of thioether (sulfide) groups is 1. The minimum absolute atomic E-state index is 0.0716. The Kier molecular flexibility index (Phi) is 6.30. The maximum Gasteiger partial charge on any atom is 0.238 e. The summed E-state index contributed by atoms with van der Waals surface area (Å²) in [5.74, 6) is -0.0800. The molecule has 1 saturated heterocycles. The van der Waals surface area contributed by atoms with E-state index in [4.69, 9.17) is 11.6 Å². The molecule has 2 aliphatic rings. The summed E-state index contributed by atoms with van der Waals surface area (Å²) in [7, 11) is -1.31. The fourth-order valence-corrected chi connectivity index (χ4v) is 7.09. The molecule has 3 heterocycles. The number of benzene rings is 1. The third-order valence-electron chi connectivity index (χ3n) is 5.97. The molecule has 0 unspecified atom stereocenters. The van der Waals surface area contributed by atoms with Gasteiger partial charge in [0.25, 0.3) is 0 Å². The number of halogens is 1. The van der Waals surface area contributed by atoms with Crippen LogP contribution in [0.2, 0.25) is 5.02 Å². The van der Waals surface area contributed by atoms with Crippen molar-refractivity contribution in [3.8, 4) is 0 Å². The topological polar surface area (TPSA) is 101 Å². The van der Waals surface area contributed by atoms with Crippen molar-refractivity contribution in [3.63, 3.8) is 0 Å². The summed E-state index contributed by atoms with van der Waals surface area (Å²) in [4.78, 5) is 27.9. The Morgan fingerprint density at radius 3 is 2.81 bits per heavy atom. The van der Waals surface area contributed by atoms with Crippen molar-refractivity contribution >= 4 is 50.7 Å². The number of anilines is 1. The normalized spacial score (nSPS) is 21.8. The highest BCUT2D eigenvalue weighted by Crippen LogP contribution is 2.38. The molecule has 1 aromatic heterocycles. The molecule has 0 radical (unpaired) electrons. The van der Waals surface area contributed by atoms with Crippen LogP contribution in [0.4, 0.5) is 5.69 Å². The molecule has 2 aromatic rings. The molecule has 0 aliphatic carbocycles. The molecule has 0 saturated carbocycles. The molecule has 1 aromatic carbocycles. The lowest BCUT2D eigenvalue weighted by Crippen LogP contribution is -2.35. The van der Waals surface area contributed by atoms with Gasteiger partial charge in [-0.1, -0.05) is 11.6 Å². The number of rotatable bonds is 5. The van der Waals surface area contributed by atoms with Crippen molar-refractivity contribution in [3.05, 3.63) is 40.2 Å². The van der Waals surface area contributed by atoms with Crippen molar-refractivity contribution in [2.24, 2.45) is 0 Å². The molecular weight excluding hydrogens is 472 g/mol. The molecule has 1 N–H and O–H groups in total. The smallest absolute Gasteiger partial charge is 0.238 e. The second kappa shape index (κ2) is 8.72. The third kappa shape index (κ3) is 4.67. The van der Waals surface area contributed by atoms with Crippen molar-refractivity contribution in [1.29, 1.82) is 0 Å². The molecule has 172 valence electrons. The van der Waals surface area contributed by atoms with Gasteiger partial charge in [0.1, 0.15) is 0 Å². The fourth-order valence-electron chi connectivity index (χ4n) is 4.15. The van der Waals surface area contributed by atoms with Crippen LogP contribution in [-0.2, 0) is 26.0 Å². The standard InChI is InChI=1S/C21H25ClN4O4S2/c1-12-16(13(2)26(24-12)15-6-7-32(29,30)11-15)10-25(3)20(27)9-19-21(28)23-17-8-14(22)4-5-18(17)31-19/h4-5,8,15,19H,6-7,9-11H2,1-3H3,(H,23,28)/t15-,19-/m1/s1. The molecule has 0 bridgehead atoms. The Balaban J connectivity index is 1.43. The van der Waals surface area contributed by atoms with Crippen LogP contribution < -0.4 is 5.32 Å². The highest BCUT2D eigenvalue weighted by molar-refractivity contribution is 8.01. The average Bonchev–Trinajstić information content (AvgIpc) is 3.21. The van der Waals surface area contributed by atoms with Gasteiger partial charge in [-0.05, 0) is 38.5 Å². The summed E-state index contributed by atoms with van der Waals surface area (Å²) in [6.45, 7) is 4.12. The van der Waals surface area contributed by atoms with Crippen LogP contribution in [0.5, 0.6) is 0 Å². The monoisotopic (exact) mass is 496 g/mol. The molecule has 8 nitrogen and oxygen atoms in total. The van der Waals surface area contributed by atoms with Crippen molar-refractivity contribution in [2.75, 3.05) is 23.9 Å². The molecule has 2 amide bonds. The lowest BCUT2D eigenvalue weighted by atomic mass is 10.1. The predicted molar refractivity (Wildman–Crippen MR) is 125 cm³/mol. The number of carbonyl (C=O) groups excluding carboxylic acids is 2. The first-order valence-electron chi connectivity index (χ1n) is 10.3. The first kappa shape index (κ1) is 23.1. The number of nitrogens with one attached hydrogen (secondary N) is 1. The number of hydrogen-bond donors (Lipinski definition) is 1. The predicted octanol–water partition coefficient (Wildman–Crippen LogP) is 2.97. The highest BCUT2D eigenvalue weighted by Gasteiger charge is 2.33. The first-order chi connectivity index (χ1) is 15.0. The number of nitrogens with zero attached hydrogens (tertiary/aromatic N) is 3. The SMILES string of the molecule is Cc1nn([C@@H]2CCS(=O)(=O)C2)c(C)c1CN(C)C(=O)C[C@H]1Sc2ccc(Cl)cc2NC1=O. The second-order valence-corrected chi connectivity index (χ2v) is 12.3. The maximum atomic E-state index is 12.9.